The van der Waals surface area contributed by atoms with Gasteiger partial charge in [0.2, 0.25) is 0 Å². The van der Waals surface area contributed by atoms with Crippen molar-refractivity contribution in [2.24, 2.45) is 0 Å². The van der Waals surface area contributed by atoms with Gasteiger partial charge in [0.05, 0.1) is 0 Å². The summed E-state index contributed by atoms with van der Waals surface area (Å²) in [5.41, 5.74) is 0. The van der Waals surface area contributed by atoms with Crippen molar-refractivity contribution in [2.45, 2.75) is 4.71 Å². The van der Waals surface area contributed by atoms with E-state index in [1.54, 1.807) is 0 Å². The first-order valence-electron chi connectivity index (χ1n) is 3.01. The summed E-state index contributed by atoms with van der Waals surface area (Å²) in [6, 6.07) is 0. The lowest BCUT2D eigenvalue weighted by Crippen LogP contribution is -2.15. The normalized spacial score (nSPS) is 26.4. The summed E-state index contributed by atoms with van der Waals surface area (Å²) >= 11 is 3.90. The highest BCUT2D eigenvalue weighted by Gasteiger charge is 2.12. The fourth-order valence-corrected chi connectivity index (χ4v) is 2.81. The van der Waals surface area contributed by atoms with E-state index >= 15 is 0 Å². The fourth-order valence-electron chi connectivity index (χ4n) is 0.664. The third-order valence-corrected chi connectivity index (χ3v) is 3.67. The van der Waals surface area contributed by atoms with Gasteiger partial charge in [0, 0.05) is 18.1 Å². The molecule has 1 aliphatic rings. The lowest BCUT2D eigenvalue weighted by molar-refractivity contribution is 0.854. The van der Waals surface area contributed by atoms with Crippen LogP contribution in [0.4, 0.5) is 0 Å². The zero-order valence-electron chi connectivity index (χ0n) is 5.30. The van der Waals surface area contributed by atoms with E-state index in [9.17, 15) is 0 Å². The van der Waals surface area contributed by atoms with E-state index in [1.165, 1.54) is 12.3 Å². The third-order valence-electron chi connectivity index (χ3n) is 1.05. The molecule has 52 valence electrons. The molecular formula is C6H11NS2. The lowest BCUT2D eigenvalue weighted by Gasteiger charge is -2.04. The number of nitrogens with one attached hydrogen (secondary N) is 1. The van der Waals surface area contributed by atoms with Crippen molar-refractivity contribution in [3.63, 3.8) is 0 Å². The zero-order chi connectivity index (χ0) is 6.53. The van der Waals surface area contributed by atoms with Gasteiger partial charge in [-0.3, -0.25) is 5.32 Å². The third kappa shape index (κ3) is 2.65. The quantitative estimate of drug-likeness (QED) is 0.630. The topological polar surface area (TPSA) is 12.0 Å². The second-order valence-electron chi connectivity index (χ2n) is 1.78. The Balaban J connectivity index is 2.04. The van der Waals surface area contributed by atoms with Crippen molar-refractivity contribution < 1.29 is 0 Å². The molecule has 0 amide bonds. The first-order chi connectivity index (χ1) is 4.43. The smallest absolute Gasteiger partial charge is 0.101 e. The number of hydrogen-bond acceptors (Lipinski definition) is 3. The molecule has 0 spiro atoms. The van der Waals surface area contributed by atoms with Gasteiger partial charge in [0.25, 0.3) is 0 Å². The molecule has 1 rings (SSSR count). The molecule has 1 nitrogen and oxygen atoms in total. The predicted molar refractivity (Wildman–Crippen MR) is 46.9 cm³/mol. The zero-order valence-corrected chi connectivity index (χ0v) is 6.93. The molecule has 0 aromatic rings. The molecule has 1 fully saturated rings. The van der Waals surface area contributed by atoms with Crippen LogP contribution in [0.15, 0.2) is 12.7 Å². The van der Waals surface area contributed by atoms with E-state index in [1.807, 2.05) is 29.6 Å². The molecule has 1 heterocycles. The van der Waals surface area contributed by atoms with Gasteiger partial charge in [0.15, 0.2) is 0 Å². The van der Waals surface area contributed by atoms with Crippen LogP contribution in [-0.2, 0) is 0 Å². The Labute approximate surface area is 64.7 Å². The van der Waals surface area contributed by atoms with Gasteiger partial charge < -0.3 is 0 Å². The summed E-state index contributed by atoms with van der Waals surface area (Å²) in [4.78, 5) is 0. The molecule has 0 bridgehead atoms. The molecule has 1 unspecified atom stereocenters. The Morgan fingerprint density at radius 3 is 3.33 bits per heavy atom. The second kappa shape index (κ2) is 4.25. The van der Waals surface area contributed by atoms with Crippen molar-refractivity contribution >= 4 is 23.5 Å². The van der Waals surface area contributed by atoms with Crippen LogP contribution < -0.4 is 5.32 Å². The van der Waals surface area contributed by atoms with E-state index < -0.39 is 0 Å². The molecule has 1 N–H and O–H groups in total. The molecular weight excluding hydrogens is 150 g/mol. The molecule has 0 aromatic carbocycles. The molecule has 1 aliphatic heterocycles. The highest BCUT2D eigenvalue weighted by atomic mass is 32.2. The Bertz CT molecular complexity index is 89.1. The Morgan fingerprint density at radius 1 is 1.89 bits per heavy atom. The Morgan fingerprint density at radius 2 is 2.78 bits per heavy atom. The fraction of sp³-hybridized carbons (Fsp3) is 0.667. The molecule has 1 atom stereocenters. The monoisotopic (exact) mass is 161 g/mol. The maximum Gasteiger partial charge on any atom is 0.101 e. The Hall–Kier alpha value is 0.400. The SMILES string of the molecule is C=CCSC1NCCS1. The van der Waals surface area contributed by atoms with E-state index in [2.05, 4.69) is 11.9 Å². The largest absolute Gasteiger partial charge is 0.296 e. The van der Waals surface area contributed by atoms with Gasteiger partial charge in [-0.25, -0.2) is 0 Å². The maximum atomic E-state index is 3.66. The average molecular weight is 161 g/mol. The minimum absolute atomic E-state index is 0.628. The van der Waals surface area contributed by atoms with E-state index in [-0.39, 0.29) is 0 Å². The van der Waals surface area contributed by atoms with Gasteiger partial charge in [-0.2, -0.15) is 0 Å². The summed E-state index contributed by atoms with van der Waals surface area (Å²) in [6.07, 6.45) is 1.95. The van der Waals surface area contributed by atoms with Crippen LogP contribution in [0.5, 0.6) is 0 Å². The van der Waals surface area contributed by atoms with E-state index in [4.69, 9.17) is 0 Å². The summed E-state index contributed by atoms with van der Waals surface area (Å²) in [7, 11) is 0. The first-order valence-corrected chi connectivity index (χ1v) is 5.10. The number of thioether (sulfide) groups is 2. The highest BCUT2D eigenvalue weighted by Crippen LogP contribution is 2.24. The van der Waals surface area contributed by atoms with Gasteiger partial charge in [0.1, 0.15) is 4.71 Å². The van der Waals surface area contributed by atoms with Crippen LogP contribution in [0.25, 0.3) is 0 Å². The lowest BCUT2D eigenvalue weighted by atomic mass is 10.8. The van der Waals surface area contributed by atoms with Crippen molar-refractivity contribution in [3.8, 4) is 0 Å². The van der Waals surface area contributed by atoms with Crippen LogP contribution in [-0.4, -0.2) is 22.8 Å². The van der Waals surface area contributed by atoms with Crippen LogP contribution in [0.1, 0.15) is 0 Å². The molecule has 0 saturated carbocycles. The summed E-state index contributed by atoms with van der Waals surface area (Å²) in [5, 5.41) is 3.37. The summed E-state index contributed by atoms with van der Waals surface area (Å²) in [6.45, 7) is 4.83. The minimum Gasteiger partial charge on any atom is -0.296 e. The van der Waals surface area contributed by atoms with E-state index in [0.29, 0.717) is 4.71 Å². The van der Waals surface area contributed by atoms with Crippen molar-refractivity contribution in [1.29, 1.82) is 0 Å². The summed E-state index contributed by atoms with van der Waals surface area (Å²) in [5.74, 6) is 2.32. The molecule has 3 heteroatoms. The summed E-state index contributed by atoms with van der Waals surface area (Å²) < 4.78 is 0.628. The van der Waals surface area contributed by atoms with Crippen LogP contribution >= 0.6 is 23.5 Å². The second-order valence-corrected chi connectivity index (χ2v) is 4.43. The molecule has 1 saturated heterocycles. The standard InChI is InChI=1S/C6H11NS2/c1-2-4-8-6-7-3-5-9-6/h2,6-7H,1,3-5H2. The maximum absolute atomic E-state index is 3.66. The minimum atomic E-state index is 0.628. The molecule has 9 heavy (non-hydrogen) atoms. The Kier molecular flexibility index (Phi) is 3.55. The van der Waals surface area contributed by atoms with Crippen molar-refractivity contribution in [1.82, 2.24) is 5.32 Å². The predicted octanol–water partition coefficient (Wildman–Crippen LogP) is 1.53. The van der Waals surface area contributed by atoms with Crippen molar-refractivity contribution in [2.75, 3.05) is 18.1 Å². The van der Waals surface area contributed by atoms with Gasteiger partial charge in [-0.15, -0.1) is 30.1 Å². The van der Waals surface area contributed by atoms with Crippen molar-refractivity contribution in [3.05, 3.63) is 12.7 Å². The highest BCUT2D eigenvalue weighted by molar-refractivity contribution is 8.17. The van der Waals surface area contributed by atoms with E-state index in [0.717, 1.165) is 5.75 Å². The number of hydrogen-bond donors (Lipinski definition) is 1. The number of rotatable bonds is 3. The first kappa shape index (κ1) is 7.51. The molecule has 0 aromatic heterocycles. The molecule has 0 aliphatic carbocycles. The van der Waals surface area contributed by atoms with Crippen LogP contribution in [0, 0.1) is 0 Å². The van der Waals surface area contributed by atoms with Gasteiger partial charge in [-0.05, 0) is 0 Å². The van der Waals surface area contributed by atoms with Gasteiger partial charge in [-0.1, -0.05) is 6.08 Å². The van der Waals surface area contributed by atoms with Crippen LogP contribution in [0.2, 0.25) is 0 Å². The average Bonchev–Trinajstić information content (AvgIpc) is 2.34. The van der Waals surface area contributed by atoms with Gasteiger partial charge >= 0.3 is 0 Å². The molecule has 0 radical (unpaired) electrons. The van der Waals surface area contributed by atoms with Crippen LogP contribution in [0.3, 0.4) is 0 Å².